The predicted octanol–water partition coefficient (Wildman–Crippen LogP) is 8.81. The molecule has 0 radical (unpaired) electrons. The summed E-state index contributed by atoms with van der Waals surface area (Å²) in [6, 6.07) is 13.9. The SMILES string of the molecule is CCCCCCCc1ccc2c(c1)CCc1cc(-c3cc(F)c(OC(F)(F)F)c(F)c3)ccc1-2. The molecular formula is C28H27F5O. The number of alkyl halides is 3. The lowest BCUT2D eigenvalue weighted by Gasteiger charge is -2.22. The first-order valence-electron chi connectivity index (χ1n) is 11.8. The van der Waals surface area contributed by atoms with Gasteiger partial charge in [-0.15, -0.1) is 13.2 Å². The lowest BCUT2D eigenvalue weighted by Crippen LogP contribution is -2.19. The molecule has 1 nitrogen and oxygen atoms in total. The van der Waals surface area contributed by atoms with Crippen molar-refractivity contribution < 1.29 is 26.7 Å². The van der Waals surface area contributed by atoms with Gasteiger partial charge < -0.3 is 4.74 Å². The second-order valence-electron chi connectivity index (χ2n) is 8.84. The molecule has 0 atom stereocenters. The Morgan fingerprint density at radius 1 is 0.735 bits per heavy atom. The lowest BCUT2D eigenvalue weighted by atomic mass is 9.83. The van der Waals surface area contributed by atoms with E-state index >= 15 is 0 Å². The molecule has 0 aliphatic heterocycles. The molecule has 4 rings (SSSR count). The van der Waals surface area contributed by atoms with Crippen LogP contribution in [-0.4, -0.2) is 6.36 Å². The minimum atomic E-state index is -5.17. The molecule has 0 saturated carbocycles. The second kappa shape index (κ2) is 10.2. The van der Waals surface area contributed by atoms with E-state index in [4.69, 9.17) is 0 Å². The van der Waals surface area contributed by atoms with Gasteiger partial charge in [-0.25, -0.2) is 8.78 Å². The van der Waals surface area contributed by atoms with Gasteiger partial charge in [0.25, 0.3) is 0 Å². The van der Waals surface area contributed by atoms with E-state index in [2.05, 4.69) is 29.9 Å². The monoisotopic (exact) mass is 474 g/mol. The van der Waals surface area contributed by atoms with Crippen LogP contribution < -0.4 is 4.74 Å². The summed E-state index contributed by atoms with van der Waals surface area (Å²) in [6.45, 7) is 2.21. The Bertz CT molecular complexity index is 1140. The Balaban J connectivity index is 1.54. The standard InChI is InChI=1S/C28H27F5O/c1-2-3-4-5-6-7-18-8-12-23-20(14-18)9-10-21-15-19(11-13-24(21)23)22-16-25(29)27(26(30)17-22)34-28(31,32)33/h8,11-17H,2-7,9-10H2,1H3. The molecule has 3 aromatic rings. The van der Waals surface area contributed by atoms with Gasteiger partial charge in [-0.2, -0.15) is 0 Å². The van der Waals surface area contributed by atoms with Crippen molar-refractivity contribution in [1.82, 2.24) is 0 Å². The fraction of sp³-hybridized carbons (Fsp3) is 0.357. The summed E-state index contributed by atoms with van der Waals surface area (Å²) in [4.78, 5) is 0. The highest BCUT2D eigenvalue weighted by atomic mass is 19.4. The zero-order valence-electron chi connectivity index (χ0n) is 19.1. The van der Waals surface area contributed by atoms with Crippen LogP contribution in [-0.2, 0) is 19.3 Å². The molecule has 0 amide bonds. The molecule has 0 fully saturated rings. The molecule has 1 aliphatic rings. The number of hydrogen-bond acceptors (Lipinski definition) is 1. The second-order valence-corrected chi connectivity index (χ2v) is 8.84. The summed E-state index contributed by atoms with van der Waals surface area (Å²) in [5.41, 5.74) is 6.65. The maximum absolute atomic E-state index is 14.2. The number of fused-ring (bicyclic) bond motifs is 3. The average Bonchev–Trinajstić information content (AvgIpc) is 2.80. The Kier molecular flexibility index (Phi) is 7.24. The third kappa shape index (κ3) is 5.60. The number of unbranched alkanes of at least 4 members (excludes halogenated alkanes) is 4. The van der Waals surface area contributed by atoms with Gasteiger partial charge in [-0.05, 0) is 76.8 Å². The topological polar surface area (TPSA) is 9.23 Å². The molecule has 0 N–H and O–H groups in total. The summed E-state index contributed by atoms with van der Waals surface area (Å²) in [6.07, 6.45) is 3.82. The van der Waals surface area contributed by atoms with Crippen molar-refractivity contribution in [1.29, 1.82) is 0 Å². The van der Waals surface area contributed by atoms with Crippen LogP contribution in [0.4, 0.5) is 22.0 Å². The third-order valence-corrected chi connectivity index (χ3v) is 6.35. The van der Waals surface area contributed by atoms with Gasteiger partial charge in [-0.3, -0.25) is 0 Å². The van der Waals surface area contributed by atoms with Crippen molar-refractivity contribution in [3.63, 3.8) is 0 Å². The molecule has 1 aliphatic carbocycles. The van der Waals surface area contributed by atoms with Crippen LogP contribution in [0, 0.1) is 11.6 Å². The van der Waals surface area contributed by atoms with Crippen molar-refractivity contribution in [3.05, 3.63) is 76.9 Å². The first-order valence-corrected chi connectivity index (χ1v) is 11.8. The van der Waals surface area contributed by atoms with Crippen molar-refractivity contribution in [3.8, 4) is 28.0 Å². The minimum absolute atomic E-state index is 0.163. The van der Waals surface area contributed by atoms with Crippen molar-refractivity contribution in [2.24, 2.45) is 0 Å². The van der Waals surface area contributed by atoms with Gasteiger partial charge in [0.05, 0.1) is 0 Å². The van der Waals surface area contributed by atoms with E-state index in [-0.39, 0.29) is 5.56 Å². The van der Waals surface area contributed by atoms with Gasteiger partial charge in [-0.1, -0.05) is 69.0 Å². The van der Waals surface area contributed by atoms with Gasteiger partial charge in [0.2, 0.25) is 5.75 Å². The molecule has 34 heavy (non-hydrogen) atoms. The highest BCUT2D eigenvalue weighted by Gasteiger charge is 2.34. The van der Waals surface area contributed by atoms with E-state index in [1.165, 1.54) is 43.2 Å². The van der Waals surface area contributed by atoms with E-state index in [1.807, 2.05) is 12.1 Å². The highest BCUT2D eigenvalue weighted by Crippen LogP contribution is 2.38. The molecule has 6 heteroatoms. The molecular weight excluding hydrogens is 447 g/mol. The van der Waals surface area contributed by atoms with Crippen LogP contribution in [0.1, 0.15) is 55.7 Å². The Morgan fingerprint density at radius 2 is 1.35 bits per heavy atom. The third-order valence-electron chi connectivity index (χ3n) is 6.35. The van der Waals surface area contributed by atoms with Crippen LogP contribution >= 0.6 is 0 Å². The molecule has 0 aromatic heterocycles. The lowest BCUT2D eigenvalue weighted by molar-refractivity contribution is -0.276. The normalized spacial score (nSPS) is 12.9. The number of benzene rings is 3. The molecule has 180 valence electrons. The molecule has 0 unspecified atom stereocenters. The van der Waals surface area contributed by atoms with Crippen molar-refractivity contribution in [2.75, 3.05) is 0 Å². The fourth-order valence-corrected chi connectivity index (χ4v) is 4.66. The summed E-state index contributed by atoms with van der Waals surface area (Å²) in [5, 5.41) is 0. The molecule has 0 saturated heterocycles. The number of ether oxygens (including phenoxy) is 1. The highest BCUT2D eigenvalue weighted by molar-refractivity contribution is 5.77. The van der Waals surface area contributed by atoms with Crippen LogP contribution in [0.15, 0.2) is 48.5 Å². The van der Waals surface area contributed by atoms with Crippen molar-refractivity contribution in [2.45, 2.75) is 64.7 Å². The zero-order valence-corrected chi connectivity index (χ0v) is 19.1. The molecule has 3 aromatic carbocycles. The van der Waals surface area contributed by atoms with Gasteiger partial charge >= 0.3 is 6.36 Å². The summed E-state index contributed by atoms with van der Waals surface area (Å²) >= 11 is 0. The zero-order chi connectivity index (χ0) is 24.3. The van der Waals surface area contributed by atoms with E-state index < -0.39 is 23.7 Å². The Hall–Kier alpha value is -2.89. The summed E-state index contributed by atoms with van der Waals surface area (Å²) < 4.78 is 69.1. The smallest absolute Gasteiger partial charge is 0.399 e. The molecule has 0 heterocycles. The number of hydrogen-bond donors (Lipinski definition) is 0. The first kappa shape index (κ1) is 24.2. The maximum atomic E-state index is 14.2. The van der Waals surface area contributed by atoms with Crippen LogP contribution in [0.3, 0.4) is 0 Å². The fourth-order valence-electron chi connectivity index (χ4n) is 4.66. The van der Waals surface area contributed by atoms with Gasteiger partial charge in [0, 0.05) is 0 Å². The number of rotatable bonds is 8. The van der Waals surface area contributed by atoms with E-state index in [0.29, 0.717) is 5.56 Å². The number of halogens is 5. The van der Waals surface area contributed by atoms with Gasteiger partial charge in [0.15, 0.2) is 11.6 Å². The number of aryl methyl sites for hydroxylation is 3. The minimum Gasteiger partial charge on any atom is -0.399 e. The van der Waals surface area contributed by atoms with E-state index in [0.717, 1.165) is 48.1 Å². The summed E-state index contributed by atoms with van der Waals surface area (Å²) in [5.74, 6) is -4.22. The van der Waals surface area contributed by atoms with Crippen LogP contribution in [0.2, 0.25) is 0 Å². The van der Waals surface area contributed by atoms with E-state index in [9.17, 15) is 22.0 Å². The first-order chi connectivity index (χ1) is 16.2. The van der Waals surface area contributed by atoms with Gasteiger partial charge in [0.1, 0.15) is 0 Å². The van der Waals surface area contributed by atoms with Crippen molar-refractivity contribution >= 4 is 0 Å². The maximum Gasteiger partial charge on any atom is 0.573 e. The largest absolute Gasteiger partial charge is 0.573 e. The molecule has 0 spiro atoms. The van der Waals surface area contributed by atoms with Crippen LogP contribution in [0.25, 0.3) is 22.3 Å². The van der Waals surface area contributed by atoms with Crippen LogP contribution in [0.5, 0.6) is 5.75 Å². The Morgan fingerprint density at radius 3 is 2.00 bits per heavy atom. The quantitative estimate of drug-likeness (QED) is 0.234. The summed E-state index contributed by atoms with van der Waals surface area (Å²) in [7, 11) is 0. The predicted molar refractivity (Wildman–Crippen MR) is 124 cm³/mol. The molecule has 0 bridgehead atoms. The van der Waals surface area contributed by atoms with E-state index in [1.54, 1.807) is 6.07 Å². The average molecular weight is 475 g/mol. The Labute approximate surface area is 196 Å².